The molecule has 2 heterocycles. The van der Waals surface area contributed by atoms with Crippen LogP contribution in [0.1, 0.15) is 0 Å². The van der Waals surface area contributed by atoms with Crippen molar-refractivity contribution in [3.8, 4) is 17.1 Å². The van der Waals surface area contributed by atoms with Crippen molar-refractivity contribution in [2.24, 2.45) is 4.99 Å². The first-order chi connectivity index (χ1) is 8.78. The van der Waals surface area contributed by atoms with Crippen molar-refractivity contribution in [3.63, 3.8) is 0 Å². The van der Waals surface area contributed by atoms with Crippen LogP contribution < -0.4 is 4.74 Å². The van der Waals surface area contributed by atoms with Crippen LogP contribution in [-0.2, 0) is 0 Å². The number of thioether (sulfide) groups is 1. The molecule has 3 rings (SSSR count). The van der Waals surface area contributed by atoms with Crippen LogP contribution >= 0.6 is 23.4 Å². The molecule has 0 atom stereocenters. The molecule has 18 heavy (non-hydrogen) atoms. The molecule has 1 aliphatic heterocycles. The molecule has 2 aromatic rings. The molecule has 1 aromatic carbocycles. The molecule has 0 N–H and O–H groups in total. The smallest absolute Gasteiger partial charge is 0.251 e. The molecule has 0 spiro atoms. The van der Waals surface area contributed by atoms with E-state index in [1.54, 1.807) is 18.2 Å². The van der Waals surface area contributed by atoms with Gasteiger partial charge >= 0.3 is 0 Å². The molecule has 0 radical (unpaired) electrons. The highest BCUT2D eigenvalue weighted by Crippen LogP contribution is 2.37. The van der Waals surface area contributed by atoms with E-state index < -0.39 is 0 Å². The minimum absolute atomic E-state index is 0.388. The largest absolute Gasteiger partial charge is 0.425 e. The molecular weight excluding hydrogens is 272 g/mol. The van der Waals surface area contributed by atoms with Gasteiger partial charge in [-0.05, 0) is 24.5 Å². The lowest BCUT2D eigenvalue weighted by molar-refractivity contribution is 0.533. The number of benzene rings is 1. The Morgan fingerprint density at radius 2 is 2.17 bits per heavy atom. The summed E-state index contributed by atoms with van der Waals surface area (Å²) < 4.78 is 5.35. The Morgan fingerprint density at radius 3 is 3.00 bits per heavy atom. The maximum atomic E-state index is 5.99. The number of rotatable bonds is 1. The normalized spacial score (nSPS) is 12.3. The number of hydrogen-bond donors (Lipinski definition) is 0. The average Bonchev–Trinajstić information content (AvgIpc) is 2.57. The zero-order valence-electron chi connectivity index (χ0n) is 9.29. The van der Waals surface area contributed by atoms with Gasteiger partial charge in [-0.1, -0.05) is 23.4 Å². The highest BCUT2D eigenvalue weighted by Gasteiger charge is 2.18. The van der Waals surface area contributed by atoms with Crippen LogP contribution in [0.5, 0.6) is 5.88 Å². The van der Waals surface area contributed by atoms with Crippen LogP contribution in [0.4, 0.5) is 5.69 Å². The topological polar surface area (TPSA) is 60.3 Å². The average molecular weight is 279 g/mol. The Hall–Kier alpha value is -1.66. The number of aliphatic imine (C=N–C) groups is 1. The van der Waals surface area contributed by atoms with Gasteiger partial charge in [0.1, 0.15) is 0 Å². The summed E-state index contributed by atoms with van der Waals surface area (Å²) in [4.78, 5) is 8.43. The highest BCUT2D eigenvalue weighted by atomic mass is 35.5. The lowest BCUT2D eigenvalue weighted by atomic mass is 10.1. The van der Waals surface area contributed by atoms with E-state index in [0.717, 1.165) is 11.3 Å². The third kappa shape index (κ3) is 1.93. The summed E-state index contributed by atoms with van der Waals surface area (Å²) in [5.74, 6) is 0.388. The van der Waals surface area contributed by atoms with Crippen LogP contribution in [-0.4, -0.2) is 27.8 Å². The number of hydrogen-bond acceptors (Lipinski definition) is 6. The maximum absolute atomic E-state index is 5.99. The van der Waals surface area contributed by atoms with Crippen molar-refractivity contribution in [3.05, 3.63) is 23.2 Å². The van der Waals surface area contributed by atoms with Crippen molar-refractivity contribution in [2.45, 2.75) is 5.16 Å². The summed E-state index contributed by atoms with van der Waals surface area (Å²) >= 11 is 7.39. The molecule has 0 unspecified atom stereocenters. The molecule has 1 aliphatic rings. The summed E-state index contributed by atoms with van der Waals surface area (Å²) in [5.41, 5.74) is 2.04. The summed E-state index contributed by atoms with van der Waals surface area (Å²) in [6, 6.07) is 5.34. The fourth-order valence-electron chi connectivity index (χ4n) is 1.58. The molecule has 0 bridgehead atoms. The zero-order valence-corrected chi connectivity index (χ0v) is 10.9. The second kappa shape index (κ2) is 4.55. The van der Waals surface area contributed by atoms with E-state index in [0.29, 0.717) is 21.8 Å². The molecule has 0 fully saturated rings. The van der Waals surface area contributed by atoms with Gasteiger partial charge in [0.25, 0.3) is 5.88 Å². The van der Waals surface area contributed by atoms with E-state index in [1.807, 2.05) is 6.26 Å². The fourth-order valence-corrected chi connectivity index (χ4v) is 2.05. The second-order valence-corrected chi connectivity index (χ2v) is 4.68. The summed E-state index contributed by atoms with van der Waals surface area (Å²) in [6.45, 7) is 0. The van der Waals surface area contributed by atoms with E-state index in [2.05, 4.69) is 20.2 Å². The van der Waals surface area contributed by atoms with Gasteiger partial charge in [0.05, 0.1) is 5.69 Å². The summed E-state index contributed by atoms with van der Waals surface area (Å²) in [5, 5.41) is 9.29. The predicted molar refractivity (Wildman–Crippen MR) is 70.8 cm³/mol. The third-order valence-electron chi connectivity index (χ3n) is 2.39. The number of fused-ring (bicyclic) bond motifs is 3. The van der Waals surface area contributed by atoms with Gasteiger partial charge in [-0.2, -0.15) is 4.98 Å². The second-order valence-electron chi connectivity index (χ2n) is 3.47. The van der Waals surface area contributed by atoms with Crippen LogP contribution in [0.2, 0.25) is 5.02 Å². The molecule has 7 heteroatoms. The molecule has 0 amide bonds. The molecule has 0 saturated carbocycles. The minimum Gasteiger partial charge on any atom is -0.425 e. The Labute approximate surface area is 112 Å². The fraction of sp³-hybridized carbons (Fsp3) is 0.0909. The molecule has 5 nitrogen and oxygen atoms in total. The van der Waals surface area contributed by atoms with E-state index >= 15 is 0 Å². The van der Waals surface area contributed by atoms with Gasteiger partial charge in [-0.15, -0.1) is 10.2 Å². The van der Waals surface area contributed by atoms with Crippen molar-refractivity contribution in [1.29, 1.82) is 0 Å². The quantitative estimate of drug-likeness (QED) is 0.751. The van der Waals surface area contributed by atoms with Crippen molar-refractivity contribution in [1.82, 2.24) is 15.2 Å². The van der Waals surface area contributed by atoms with Gasteiger partial charge in [0.2, 0.25) is 5.16 Å². The zero-order chi connectivity index (χ0) is 12.5. The van der Waals surface area contributed by atoms with Gasteiger partial charge in [-0.25, -0.2) is 4.99 Å². The Kier molecular flexibility index (Phi) is 2.89. The third-order valence-corrected chi connectivity index (χ3v) is 3.16. The van der Waals surface area contributed by atoms with Crippen LogP contribution in [0, 0.1) is 0 Å². The van der Waals surface area contributed by atoms with E-state index in [4.69, 9.17) is 16.3 Å². The standard InChI is InChI=1S/C11H7ClN4OS/c1-18-11-14-10-9(15-16-11)7-4-6(12)2-3-8(7)13-5-17-10/h2-5H,1H3. The first-order valence-electron chi connectivity index (χ1n) is 5.06. The number of halogens is 1. The predicted octanol–water partition coefficient (Wildman–Crippen LogP) is 2.97. The van der Waals surface area contributed by atoms with Crippen LogP contribution in [0.15, 0.2) is 28.3 Å². The lowest BCUT2D eigenvalue weighted by Gasteiger charge is -2.05. The van der Waals surface area contributed by atoms with Gasteiger partial charge in [0.15, 0.2) is 12.1 Å². The summed E-state index contributed by atoms with van der Waals surface area (Å²) in [6.07, 6.45) is 3.22. The van der Waals surface area contributed by atoms with Gasteiger partial charge < -0.3 is 4.74 Å². The number of nitrogens with zero attached hydrogens (tertiary/aromatic N) is 4. The minimum atomic E-state index is 0.388. The van der Waals surface area contributed by atoms with Gasteiger partial charge in [-0.3, -0.25) is 0 Å². The first kappa shape index (κ1) is 11.4. The van der Waals surface area contributed by atoms with Crippen LogP contribution in [0.25, 0.3) is 11.3 Å². The first-order valence-corrected chi connectivity index (χ1v) is 6.66. The Bertz CT molecular complexity index is 647. The molecule has 90 valence electrons. The highest BCUT2D eigenvalue weighted by molar-refractivity contribution is 7.98. The lowest BCUT2D eigenvalue weighted by Crippen LogP contribution is -1.99. The van der Waals surface area contributed by atoms with E-state index in [1.165, 1.54) is 18.2 Å². The SMILES string of the molecule is CSc1nnc2c(n1)OC=Nc1ccc(Cl)cc1-2. The molecule has 1 aromatic heterocycles. The molecular formula is C11H7ClN4OS. The maximum Gasteiger partial charge on any atom is 0.251 e. The Morgan fingerprint density at radius 1 is 1.28 bits per heavy atom. The summed E-state index contributed by atoms with van der Waals surface area (Å²) in [7, 11) is 0. The van der Waals surface area contributed by atoms with Crippen molar-refractivity contribution in [2.75, 3.05) is 6.26 Å². The van der Waals surface area contributed by atoms with Crippen LogP contribution in [0.3, 0.4) is 0 Å². The molecule has 0 saturated heterocycles. The van der Waals surface area contributed by atoms with E-state index in [-0.39, 0.29) is 0 Å². The number of aromatic nitrogens is 3. The van der Waals surface area contributed by atoms with Crippen molar-refractivity contribution >= 4 is 35.5 Å². The van der Waals surface area contributed by atoms with Gasteiger partial charge in [0, 0.05) is 10.6 Å². The monoisotopic (exact) mass is 278 g/mol. The molecule has 0 aliphatic carbocycles. The number of ether oxygens (including phenoxy) is 1. The van der Waals surface area contributed by atoms with Crippen molar-refractivity contribution < 1.29 is 4.74 Å². The van der Waals surface area contributed by atoms with E-state index in [9.17, 15) is 0 Å². The Balaban J connectivity index is 2.24.